The van der Waals surface area contributed by atoms with Crippen molar-refractivity contribution in [2.24, 2.45) is 28.9 Å². The third-order valence-electron chi connectivity index (χ3n) is 7.76. The summed E-state index contributed by atoms with van der Waals surface area (Å²) in [5, 5.41) is 3.16. The first-order valence-electron chi connectivity index (χ1n) is 11.2. The predicted molar refractivity (Wildman–Crippen MR) is 116 cm³/mol. The highest BCUT2D eigenvalue weighted by Gasteiger charge is 2.55. The molecular weight excluding hydrogens is 372 g/mol. The Labute approximate surface area is 178 Å². The van der Waals surface area contributed by atoms with E-state index in [4.69, 9.17) is 5.73 Å². The molecule has 6 rings (SSSR count). The van der Waals surface area contributed by atoms with Crippen LogP contribution in [-0.4, -0.2) is 17.9 Å². The van der Waals surface area contributed by atoms with Crippen LogP contribution in [0.25, 0.3) is 0 Å². The lowest BCUT2D eigenvalue weighted by Gasteiger charge is -2.55. The zero-order chi connectivity index (χ0) is 20.7. The van der Waals surface area contributed by atoms with Crippen LogP contribution in [0.4, 0.5) is 0 Å². The van der Waals surface area contributed by atoms with Crippen LogP contribution in [0.1, 0.15) is 55.6 Å². The van der Waals surface area contributed by atoms with E-state index in [0.29, 0.717) is 17.8 Å². The monoisotopic (exact) mass is 402 g/mol. The normalized spacial score (nSPS) is 30.2. The Morgan fingerprint density at radius 2 is 1.23 bits per heavy atom. The summed E-state index contributed by atoms with van der Waals surface area (Å²) in [6, 6.07) is 19.0. The third kappa shape index (κ3) is 3.42. The Balaban J connectivity index is 1.47. The van der Waals surface area contributed by atoms with Crippen molar-refractivity contribution < 1.29 is 9.59 Å². The Kier molecular flexibility index (Phi) is 4.88. The highest BCUT2D eigenvalue weighted by molar-refractivity contribution is 5.90. The summed E-state index contributed by atoms with van der Waals surface area (Å²) < 4.78 is 0. The van der Waals surface area contributed by atoms with E-state index in [1.165, 1.54) is 19.3 Å². The van der Waals surface area contributed by atoms with Crippen LogP contribution in [0.15, 0.2) is 60.7 Å². The second-order valence-corrected chi connectivity index (χ2v) is 9.85. The van der Waals surface area contributed by atoms with Crippen molar-refractivity contribution in [2.75, 3.05) is 0 Å². The molecule has 0 heterocycles. The van der Waals surface area contributed by atoms with E-state index in [0.717, 1.165) is 30.4 Å². The van der Waals surface area contributed by atoms with Gasteiger partial charge in [0.15, 0.2) is 0 Å². The Morgan fingerprint density at radius 3 is 1.63 bits per heavy atom. The molecule has 0 aromatic heterocycles. The average molecular weight is 403 g/mol. The van der Waals surface area contributed by atoms with Gasteiger partial charge in [-0.15, -0.1) is 0 Å². The first-order chi connectivity index (χ1) is 14.5. The van der Waals surface area contributed by atoms with Crippen LogP contribution in [0.3, 0.4) is 0 Å². The molecule has 3 N–H and O–H groups in total. The number of primary amides is 1. The number of nitrogens with two attached hydrogens (primary N) is 1. The van der Waals surface area contributed by atoms with E-state index in [1.54, 1.807) is 0 Å². The number of rotatable bonds is 6. The number of amides is 2. The van der Waals surface area contributed by atoms with Gasteiger partial charge in [0, 0.05) is 11.3 Å². The maximum atomic E-state index is 13.7. The summed E-state index contributed by atoms with van der Waals surface area (Å²) >= 11 is 0. The summed E-state index contributed by atoms with van der Waals surface area (Å²) in [7, 11) is 0. The van der Waals surface area contributed by atoms with Gasteiger partial charge in [-0.3, -0.25) is 9.59 Å². The van der Waals surface area contributed by atoms with Crippen LogP contribution >= 0.6 is 0 Å². The molecule has 2 amide bonds. The SMILES string of the molecule is NC(=O)[C@H](NC(=O)C12CC3CC(CC(C3)C1)C2)C(c1ccccc1)c1ccccc1. The molecule has 4 bridgehead atoms. The van der Waals surface area contributed by atoms with E-state index >= 15 is 0 Å². The molecule has 4 nitrogen and oxygen atoms in total. The first kappa shape index (κ1) is 19.3. The number of benzene rings is 2. The molecular formula is C26H30N2O2. The number of nitrogens with one attached hydrogen (secondary N) is 1. The van der Waals surface area contributed by atoms with Crippen molar-refractivity contribution in [3.8, 4) is 0 Å². The van der Waals surface area contributed by atoms with Crippen molar-refractivity contribution >= 4 is 11.8 Å². The van der Waals surface area contributed by atoms with Gasteiger partial charge in [0.1, 0.15) is 6.04 Å². The predicted octanol–water partition coefficient (Wildman–Crippen LogP) is 4.01. The summed E-state index contributed by atoms with van der Waals surface area (Å²) in [4.78, 5) is 26.3. The smallest absolute Gasteiger partial charge is 0.240 e. The lowest BCUT2D eigenvalue weighted by molar-refractivity contribution is -0.148. The number of carbonyl (C=O) groups is 2. The summed E-state index contributed by atoms with van der Waals surface area (Å²) in [6.07, 6.45) is 6.75. The van der Waals surface area contributed by atoms with Crippen molar-refractivity contribution in [2.45, 2.75) is 50.5 Å². The molecule has 156 valence electrons. The van der Waals surface area contributed by atoms with Crippen LogP contribution in [-0.2, 0) is 9.59 Å². The maximum absolute atomic E-state index is 13.7. The standard InChI is InChI=1S/C26H30N2O2/c27-24(29)23(22(20-7-3-1-4-8-20)21-9-5-2-6-10-21)28-25(30)26-14-17-11-18(15-26)13-19(12-17)16-26/h1-10,17-19,22-23H,11-16H2,(H2,27,29)(H,28,30)/t17?,18?,19?,23-,26?/m1/s1. The van der Waals surface area contributed by atoms with Gasteiger partial charge in [-0.05, 0) is 67.4 Å². The lowest BCUT2D eigenvalue weighted by atomic mass is 9.49. The van der Waals surface area contributed by atoms with Gasteiger partial charge in [-0.1, -0.05) is 60.7 Å². The molecule has 4 saturated carbocycles. The van der Waals surface area contributed by atoms with Crippen molar-refractivity contribution in [3.05, 3.63) is 71.8 Å². The topological polar surface area (TPSA) is 72.2 Å². The summed E-state index contributed by atoms with van der Waals surface area (Å²) in [5.41, 5.74) is 7.56. The highest BCUT2D eigenvalue weighted by atomic mass is 16.2. The first-order valence-corrected chi connectivity index (χ1v) is 11.2. The van der Waals surface area contributed by atoms with E-state index in [2.05, 4.69) is 5.32 Å². The van der Waals surface area contributed by atoms with E-state index in [-0.39, 0.29) is 17.2 Å². The fourth-order valence-corrected chi connectivity index (χ4v) is 6.90. The Bertz CT molecular complexity index is 850. The molecule has 2 aromatic rings. The Morgan fingerprint density at radius 1 is 0.800 bits per heavy atom. The van der Waals surface area contributed by atoms with Gasteiger partial charge in [0.2, 0.25) is 11.8 Å². The molecule has 4 aliphatic carbocycles. The lowest BCUT2D eigenvalue weighted by Crippen LogP contribution is -2.58. The highest BCUT2D eigenvalue weighted by Crippen LogP contribution is 2.60. The molecule has 0 unspecified atom stereocenters. The molecule has 2 aromatic carbocycles. The van der Waals surface area contributed by atoms with E-state index < -0.39 is 11.9 Å². The average Bonchev–Trinajstić information content (AvgIpc) is 2.73. The second-order valence-electron chi connectivity index (χ2n) is 9.85. The van der Waals surface area contributed by atoms with Gasteiger partial charge in [-0.25, -0.2) is 0 Å². The molecule has 4 aliphatic rings. The minimum Gasteiger partial charge on any atom is -0.368 e. The molecule has 1 atom stereocenters. The van der Waals surface area contributed by atoms with E-state index in [1.807, 2.05) is 60.7 Å². The molecule has 0 aliphatic heterocycles. The minimum absolute atomic E-state index is 0.0438. The minimum atomic E-state index is -0.768. The van der Waals surface area contributed by atoms with Gasteiger partial charge in [0.25, 0.3) is 0 Å². The largest absolute Gasteiger partial charge is 0.368 e. The van der Waals surface area contributed by atoms with Gasteiger partial charge >= 0.3 is 0 Å². The molecule has 4 heteroatoms. The number of hydrogen-bond acceptors (Lipinski definition) is 2. The molecule has 0 saturated heterocycles. The summed E-state index contributed by atoms with van der Waals surface area (Å²) in [5.74, 6) is 1.28. The van der Waals surface area contributed by atoms with Crippen molar-refractivity contribution in [3.63, 3.8) is 0 Å². The van der Waals surface area contributed by atoms with Crippen molar-refractivity contribution in [1.29, 1.82) is 0 Å². The molecule has 0 spiro atoms. The molecule has 30 heavy (non-hydrogen) atoms. The molecule has 0 radical (unpaired) electrons. The Hall–Kier alpha value is -2.62. The van der Waals surface area contributed by atoms with Gasteiger partial charge in [0.05, 0.1) is 0 Å². The zero-order valence-electron chi connectivity index (χ0n) is 17.3. The van der Waals surface area contributed by atoms with Crippen LogP contribution in [0.2, 0.25) is 0 Å². The molecule has 4 fully saturated rings. The van der Waals surface area contributed by atoms with Crippen LogP contribution < -0.4 is 11.1 Å². The van der Waals surface area contributed by atoms with Gasteiger partial charge < -0.3 is 11.1 Å². The fraction of sp³-hybridized carbons (Fsp3) is 0.462. The van der Waals surface area contributed by atoms with E-state index in [9.17, 15) is 9.59 Å². The summed E-state index contributed by atoms with van der Waals surface area (Å²) in [6.45, 7) is 0. The van der Waals surface area contributed by atoms with Crippen molar-refractivity contribution in [1.82, 2.24) is 5.32 Å². The number of hydrogen-bond donors (Lipinski definition) is 2. The maximum Gasteiger partial charge on any atom is 0.240 e. The zero-order valence-corrected chi connectivity index (χ0v) is 17.3. The quantitative estimate of drug-likeness (QED) is 0.766. The van der Waals surface area contributed by atoms with Crippen LogP contribution in [0.5, 0.6) is 0 Å². The van der Waals surface area contributed by atoms with Gasteiger partial charge in [-0.2, -0.15) is 0 Å². The number of carbonyl (C=O) groups excluding carboxylic acids is 2. The van der Waals surface area contributed by atoms with Crippen LogP contribution in [0, 0.1) is 23.2 Å². The second kappa shape index (κ2) is 7.57. The third-order valence-corrected chi connectivity index (χ3v) is 7.76. The fourth-order valence-electron chi connectivity index (χ4n) is 6.90.